The van der Waals surface area contributed by atoms with Gasteiger partial charge in [0, 0.05) is 0 Å². The van der Waals surface area contributed by atoms with E-state index in [0.717, 1.165) is 11.5 Å². The summed E-state index contributed by atoms with van der Waals surface area (Å²) >= 11 is 0. The summed E-state index contributed by atoms with van der Waals surface area (Å²) in [6.45, 7) is 5.91. The summed E-state index contributed by atoms with van der Waals surface area (Å²) in [6, 6.07) is 3.93. The summed E-state index contributed by atoms with van der Waals surface area (Å²) in [5, 5.41) is 11.3. The van der Waals surface area contributed by atoms with Crippen molar-refractivity contribution in [1.29, 1.82) is 0 Å². The van der Waals surface area contributed by atoms with Crippen molar-refractivity contribution >= 4 is 5.69 Å². The van der Waals surface area contributed by atoms with Crippen LogP contribution < -0.4 is 5.73 Å². The minimum absolute atomic E-state index is 0.688. The molecule has 2 aromatic rings. The molecule has 5 nitrogen and oxygen atoms in total. The van der Waals surface area contributed by atoms with E-state index in [0.29, 0.717) is 5.69 Å². The second kappa shape index (κ2) is 3.34. The first-order valence-corrected chi connectivity index (χ1v) is 4.71. The summed E-state index contributed by atoms with van der Waals surface area (Å²) in [5.74, 6) is 0.727. The average Bonchev–Trinajstić information content (AvgIpc) is 2.58. The molecule has 0 radical (unpaired) electrons. The third-order valence-corrected chi connectivity index (χ3v) is 2.50. The number of hydrogen-bond acceptors (Lipinski definition) is 4. The van der Waals surface area contributed by atoms with Crippen LogP contribution in [0.1, 0.15) is 17.0 Å². The number of nitrogens with zero attached hydrogens (tertiary/aromatic N) is 4. The zero-order valence-corrected chi connectivity index (χ0v) is 9.02. The molecule has 0 unspecified atom stereocenters. The molecule has 0 fully saturated rings. The lowest BCUT2D eigenvalue weighted by molar-refractivity contribution is 0.780. The van der Waals surface area contributed by atoms with Crippen LogP contribution >= 0.6 is 0 Å². The number of tetrazole rings is 1. The summed E-state index contributed by atoms with van der Waals surface area (Å²) in [5.41, 5.74) is 9.80. The number of aromatic nitrogens is 4. The normalized spacial score (nSPS) is 10.6. The largest absolute Gasteiger partial charge is 0.397 e. The zero-order chi connectivity index (χ0) is 11.0. The van der Waals surface area contributed by atoms with E-state index in [4.69, 9.17) is 5.73 Å². The van der Waals surface area contributed by atoms with Gasteiger partial charge in [0.15, 0.2) is 5.82 Å². The van der Waals surface area contributed by atoms with E-state index in [2.05, 4.69) is 15.5 Å². The highest BCUT2D eigenvalue weighted by molar-refractivity contribution is 5.60. The molecule has 2 rings (SSSR count). The highest BCUT2D eigenvalue weighted by Crippen LogP contribution is 2.21. The minimum atomic E-state index is 0.688. The van der Waals surface area contributed by atoms with Gasteiger partial charge >= 0.3 is 0 Å². The van der Waals surface area contributed by atoms with Crippen LogP contribution in [0, 0.1) is 20.8 Å². The molecule has 1 heterocycles. The number of anilines is 1. The number of hydrogen-bond donors (Lipinski definition) is 1. The number of aryl methyl sites for hydroxylation is 3. The molecular formula is C10H13N5. The van der Waals surface area contributed by atoms with Crippen molar-refractivity contribution < 1.29 is 0 Å². The van der Waals surface area contributed by atoms with E-state index in [9.17, 15) is 0 Å². The van der Waals surface area contributed by atoms with Crippen LogP contribution in [-0.4, -0.2) is 20.2 Å². The quantitative estimate of drug-likeness (QED) is 0.706. The molecule has 0 aliphatic carbocycles. The number of nitrogens with two attached hydrogens (primary N) is 1. The fourth-order valence-corrected chi connectivity index (χ4v) is 1.46. The van der Waals surface area contributed by atoms with E-state index in [1.54, 1.807) is 4.68 Å². The van der Waals surface area contributed by atoms with Crippen LogP contribution in [-0.2, 0) is 0 Å². The number of rotatable bonds is 1. The Labute approximate surface area is 87.9 Å². The predicted molar refractivity (Wildman–Crippen MR) is 57.8 cm³/mol. The van der Waals surface area contributed by atoms with Gasteiger partial charge in [0.25, 0.3) is 0 Å². The van der Waals surface area contributed by atoms with Gasteiger partial charge in [-0.1, -0.05) is 0 Å². The molecule has 0 saturated heterocycles. The van der Waals surface area contributed by atoms with Gasteiger partial charge in [-0.2, -0.15) is 4.68 Å². The lowest BCUT2D eigenvalue weighted by Gasteiger charge is -2.09. The second-order valence-electron chi connectivity index (χ2n) is 3.63. The fourth-order valence-electron chi connectivity index (χ4n) is 1.46. The summed E-state index contributed by atoms with van der Waals surface area (Å²) in [6.07, 6.45) is 0. The van der Waals surface area contributed by atoms with Gasteiger partial charge in [0.1, 0.15) is 0 Å². The van der Waals surface area contributed by atoms with Crippen LogP contribution in [0.25, 0.3) is 5.69 Å². The molecule has 0 amide bonds. The van der Waals surface area contributed by atoms with Crippen molar-refractivity contribution in [1.82, 2.24) is 20.2 Å². The molecular weight excluding hydrogens is 190 g/mol. The second-order valence-corrected chi connectivity index (χ2v) is 3.63. The van der Waals surface area contributed by atoms with Crippen LogP contribution in [0.4, 0.5) is 5.69 Å². The standard InChI is InChI=1S/C10H13N5/c1-6-4-9(11)10(5-7(6)2)15-8(3)12-13-14-15/h4-5H,11H2,1-3H3. The van der Waals surface area contributed by atoms with E-state index >= 15 is 0 Å². The van der Waals surface area contributed by atoms with E-state index in [1.165, 1.54) is 11.1 Å². The van der Waals surface area contributed by atoms with Gasteiger partial charge in [0.05, 0.1) is 11.4 Å². The van der Waals surface area contributed by atoms with Crippen LogP contribution in [0.2, 0.25) is 0 Å². The lowest BCUT2D eigenvalue weighted by Crippen LogP contribution is -2.04. The van der Waals surface area contributed by atoms with Crippen molar-refractivity contribution in [3.8, 4) is 5.69 Å². The predicted octanol–water partition coefficient (Wildman–Crippen LogP) is 1.17. The Morgan fingerprint density at radius 3 is 2.40 bits per heavy atom. The topological polar surface area (TPSA) is 69.6 Å². The van der Waals surface area contributed by atoms with Gasteiger partial charge in [0.2, 0.25) is 0 Å². The molecule has 0 bridgehead atoms. The van der Waals surface area contributed by atoms with Crippen LogP contribution in [0.5, 0.6) is 0 Å². The maximum atomic E-state index is 5.93. The molecule has 0 aliphatic heterocycles. The zero-order valence-electron chi connectivity index (χ0n) is 9.02. The summed E-state index contributed by atoms with van der Waals surface area (Å²) in [7, 11) is 0. The Kier molecular flexibility index (Phi) is 2.15. The average molecular weight is 203 g/mol. The molecule has 0 spiro atoms. The Morgan fingerprint density at radius 1 is 1.13 bits per heavy atom. The van der Waals surface area contributed by atoms with Gasteiger partial charge < -0.3 is 5.73 Å². The smallest absolute Gasteiger partial charge is 0.153 e. The molecule has 78 valence electrons. The highest BCUT2D eigenvalue weighted by atomic mass is 15.5. The third-order valence-electron chi connectivity index (χ3n) is 2.50. The molecule has 0 atom stereocenters. The van der Waals surface area contributed by atoms with E-state index in [-0.39, 0.29) is 0 Å². The molecule has 15 heavy (non-hydrogen) atoms. The summed E-state index contributed by atoms with van der Waals surface area (Å²) < 4.78 is 1.64. The van der Waals surface area contributed by atoms with Gasteiger partial charge in [-0.25, -0.2) is 0 Å². The van der Waals surface area contributed by atoms with Crippen molar-refractivity contribution in [3.63, 3.8) is 0 Å². The van der Waals surface area contributed by atoms with Crippen LogP contribution in [0.15, 0.2) is 12.1 Å². The summed E-state index contributed by atoms with van der Waals surface area (Å²) in [4.78, 5) is 0. The lowest BCUT2D eigenvalue weighted by atomic mass is 10.1. The SMILES string of the molecule is Cc1cc(N)c(-n2nnnc2C)cc1C. The van der Waals surface area contributed by atoms with Gasteiger partial charge in [-0.05, 0) is 54.5 Å². The monoisotopic (exact) mass is 203 g/mol. The Bertz CT molecular complexity index is 501. The van der Waals surface area contributed by atoms with Crippen molar-refractivity contribution in [2.45, 2.75) is 20.8 Å². The fraction of sp³-hybridized carbons (Fsp3) is 0.300. The number of nitrogen functional groups attached to an aromatic ring is 1. The molecule has 0 aliphatic rings. The first-order valence-electron chi connectivity index (χ1n) is 4.71. The Balaban J connectivity index is 2.64. The van der Waals surface area contributed by atoms with Gasteiger partial charge in [-0.3, -0.25) is 0 Å². The van der Waals surface area contributed by atoms with Crippen molar-refractivity contribution in [2.24, 2.45) is 0 Å². The van der Waals surface area contributed by atoms with Crippen LogP contribution in [0.3, 0.4) is 0 Å². The van der Waals surface area contributed by atoms with E-state index < -0.39 is 0 Å². The highest BCUT2D eigenvalue weighted by Gasteiger charge is 2.08. The third kappa shape index (κ3) is 1.56. The molecule has 0 saturated carbocycles. The maximum absolute atomic E-state index is 5.93. The molecule has 2 N–H and O–H groups in total. The molecule has 5 heteroatoms. The first-order chi connectivity index (χ1) is 7.09. The van der Waals surface area contributed by atoms with Gasteiger partial charge in [-0.15, -0.1) is 5.10 Å². The number of benzene rings is 1. The minimum Gasteiger partial charge on any atom is -0.397 e. The van der Waals surface area contributed by atoms with Crippen molar-refractivity contribution in [3.05, 3.63) is 29.1 Å². The van der Waals surface area contributed by atoms with Crippen molar-refractivity contribution in [2.75, 3.05) is 5.73 Å². The molecule has 1 aromatic heterocycles. The Morgan fingerprint density at radius 2 is 1.80 bits per heavy atom. The van der Waals surface area contributed by atoms with E-state index in [1.807, 2.05) is 32.9 Å². The molecule has 1 aromatic carbocycles. The maximum Gasteiger partial charge on any atom is 0.153 e. The first kappa shape index (κ1) is 9.64. The Hall–Kier alpha value is -1.91.